The second-order valence-corrected chi connectivity index (χ2v) is 4.58. The molecule has 0 fully saturated rings. The summed E-state index contributed by atoms with van der Waals surface area (Å²) in [5.74, 6) is -0.937. The van der Waals surface area contributed by atoms with Crippen molar-refractivity contribution in [2.75, 3.05) is 6.54 Å². The fraction of sp³-hybridized carbons (Fsp3) is 0.200. The predicted molar refractivity (Wildman–Crippen MR) is 71.2 cm³/mol. The summed E-state index contributed by atoms with van der Waals surface area (Å²) in [6, 6.07) is 11.2. The Morgan fingerprint density at radius 2 is 2.11 bits per heavy atom. The Morgan fingerprint density at radius 3 is 2.95 bits per heavy atom. The van der Waals surface area contributed by atoms with E-state index in [9.17, 15) is 9.90 Å². The molecule has 2 aromatic rings. The molecule has 0 saturated heterocycles. The van der Waals surface area contributed by atoms with Crippen LogP contribution in [0.2, 0.25) is 0 Å². The van der Waals surface area contributed by atoms with Gasteiger partial charge in [-0.3, -0.25) is 4.98 Å². The average Bonchev–Trinajstić information content (AvgIpc) is 2.46. The molecule has 1 atom stereocenters. The number of hydrogen-bond acceptors (Lipinski definition) is 3. The van der Waals surface area contributed by atoms with Gasteiger partial charge in [0.25, 0.3) is 0 Å². The number of aromatic carboxylic acids is 1. The minimum Gasteiger partial charge on any atom is -0.478 e. The molecule has 4 heteroatoms. The molecule has 1 unspecified atom stereocenters. The zero-order valence-electron chi connectivity index (χ0n) is 10.3. The molecule has 0 bridgehead atoms. The summed E-state index contributed by atoms with van der Waals surface area (Å²) in [6.45, 7) is 0.831. The van der Waals surface area contributed by atoms with Crippen molar-refractivity contribution in [2.45, 2.75) is 12.5 Å². The summed E-state index contributed by atoms with van der Waals surface area (Å²) in [5, 5.41) is 12.6. The van der Waals surface area contributed by atoms with Crippen molar-refractivity contribution in [1.29, 1.82) is 0 Å². The fourth-order valence-electron chi connectivity index (χ4n) is 2.58. The Hall–Kier alpha value is -2.20. The van der Waals surface area contributed by atoms with E-state index in [0.29, 0.717) is 5.69 Å². The number of pyridine rings is 1. The molecule has 0 spiro atoms. The molecular formula is C15H14N2O2. The first-order valence-corrected chi connectivity index (χ1v) is 6.27. The van der Waals surface area contributed by atoms with Gasteiger partial charge in [-0.2, -0.15) is 0 Å². The van der Waals surface area contributed by atoms with Crippen molar-refractivity contribution < 1.29 is 9.90 Å². The lowest BCUT2D eigenvalue weighted by Gasteiger charge is -2.27. The Kier molecular flexibility index (Phi) is 3.01. The summed E-state index contributed by atoms with van der Waals surface area (Å²) in [7, 11) is 0. The summed E-state index contributed by atoms with van der Waals surface area (Å²) in [6.07, 6.45) is 2.60. The first-order chi connectivity index (χ1) is 9.27. The van der Waals surface area contributed by atoms with E-state index in [1.807, 2.05) is 18.2 Å². The van der Waals surface area contributed by atoms with Gasteiger partial charge in [0, 0.05) is 12.7 Å². The molecule has 3 rings (SSSR count). The third-order valence-corrected chi connectivity index (χ3v) is 3.45. The van der Waals surface area contributed by atoms with Gasteiger partial charge in [-0.05, 0) is 29.7 Å². The second kappa shape index (κ2) is 4.82. The Morgan fingerprint density at radius 1 is 1.26 bits per heavy atom. The molecule has 0 amide bonds. The van der Waals surface area contributed by atoms with Crippen molar-refractivity contribution in [3.63, 3.8) is 0 Å². The van der Waals surface area contributed by atoms with E-state index in [0.717, 1.165) is 18.5 Å². The zero-order chi connectivity index (χ0) is 13.2. The molecule has 0 saturated carbocycles. The van der Waals surface area contributed by atoms with Gasteiger partial charge in [-0.1, -0.05) is 24.3 Å². The van der Waals surface area contributed by atoms with E-state index >= 15 is 0 Å². The van der Waals surface area contributed by atoms with E-state index in [1.54, 1.807) is 18.3 Å². The van der Waals surface area contributed by atoms with Crippen molar-refractivity contribution in [2.24, 2.45) is 0 Å². The molecule has 0 aliphatic carbocycles. The van der Waals surface area contributed by atoms with Crippen LogP contribution in [0.1, 0.15) is 33.2 Å². The minimum atomic E-state index is -0.937. The summed E-state index contributed by atoms with van der Waals surface area (Å²) in [4.78, 5) is 15.6. The maximum absolute atomic E-state index is 11.3. The SMILES string of the molecule is O=C(O)c1cccnc1C1NCCc2ccccc21. The monoisotopic (exact) mass is 254 g/mol. The van der Waals surface area contributed by atoms with Gasteiger partial charge in [0.05, 0.1) is 17.3 Å². The van der Waals surface area contributed by atoms with E-state index in [1.165, 1.54) is 5.56 Å². The van der Waals surface area contributed by atoms with Crippen LogP contribution in [0.3, 0.4) is 0 Å². The predicted octanol–water partition coefficient (Wildman–Crippen LogP) is 2.01. The van der Waals surface area contributed by atoms with E-state index in [4.69, 9.17) is 0 Å². The van der Waals surface area contributed by atoms with Crippen LogP contribution in [0, 0.1) is 0 Å². The van der Waals surface area contributed by atoms with Gasteiger partial charge in [-0.15, -0.1) is 0 Å². The number of benzene rings is 1. The number of nitrogens with zero attached hydrogens (tertiary/aromatic N) is 1. The molecule has 2 N–H and O–H groups in total. The van der Waals surface area contributed by atoms with Crippen LogP contribution in [-0.4, -0.2) is 22.6 Å². The maximum Gasteiger partial charge on any atom is 0.337 e. The zero-order valence-corrected chi connectivity index (χ0v) is 10.3. The van der Waals surface area contributed by atoms with Gasteiger partial charge < -0.3 is 10.4 Å². The molecule has 96 valence electrons. The molecule has 2 heterocycles. The highest BCUT2D eigenvalue weighted by molar-refractivity contribution is 5.89. The summed E-state index contributed by atoms with van der Waals surface area (Å²) >= 11 is 0. The number of aromatic nitrogens is 1. The molecule has 1 aliphatic rings. The van der Waals surface area contributed by atoms with Gasteiger partial charge in [0.15, 0.2) is 0 Å². The van der Waals surface area contributed by atoms with Crippen molar-refractivity contribution in [1.82, 2.24) is 10.3 Å². The Bertz CT molecular complexity index is 625. The van der Waals surface area contributed by atoms with Crippen LogP contribution in [0.15, 0.2) is 42.6 Å². The van der Waals surface area contributed by atoms with Crippen LogP contribution in [0.25, 0.3) is 0 Å². The maximum atomic E-state index is 11.3. The van der Waals surface area contributed by atoms with Crippen molar-refractivity contribution >= 4 is 5.97 Å². The number of nitrogens with one attached hydrogen (secondary N) is 1. The van der Waals surface area contributed by atoms with Gasteiger partial charge in [-0.25, -0.2) is 4.79 Å². The number of fused-ring (bicyclic) bond motifs is 1. The molecule has 19 heavy (non-hydrogen) atoms. The van der Waals surface area contributed by atoms with Crippen molar-refractivity contribution in [3.8, 4) is 0 Å². The molecular weight excluding hydrogens is 240 g/mol. The van der Waals surface area contributed by atoms with Gasteiger partial charge in [0.1, 0.15) is 0 Å². The van der Waals surface area contributed by atoms with Crippen molar-refractivity contribution in [3.05, 3.63) is 65.0 Å². The molecule has 0 radical (unpaired) electrons. The molecule has 1 aromatic heterocycles. The summed E-state index contributed by atoms with van der Waals surface area (Å²) < 4.78 is 0. The normalized spacial score (nSPS) is 17.8. The van der Waals surface area contributed by atoms with E-state index < -0.39 is 5.97 Å². The quantitative estimate of drug-likeness (QED) is 0.860. The van der Waals surface area contributed by atoms with Crippen LogP contribution >= 0.6 is 0 Å². The Labute approximate surface area is 111 Å². The minimum absolute atomic E-state index is 0.141. The first kappa shape index (κ1) is 11.9. The van der Waals surface area contributed by atoms with Crippen LogP contribution in [-0.2, 0) is 6.42 Å². The second-order valence-electron chi connectivity index (χ2n) is 4.58. The number of carbonyl (C=O) groups is 1. The average molecular weight is 254 g/mol. The van der Waals surface area contributed by atoms with Crippen LogP contribution < -0.4 is 5.32 Å². The van der Waals surface area contributed by atoms with Crippen LogP contribution in [0.4, 0.5) is 0 Å². The standard InChI is InChI=1S/C15H14N2O2/c18-15(19)12-6-3-8-16-14(12)13-11-5-2-1-4-10(11)7-9-17-13/h1-6,8,13,17H,7,9H2,(H,18,19). The molecule has 1 aromatic carbocycles. The van der Waals surface area contributed by atoms with Gasteiger partial charge in [0.2, 0.25) is 0 Å². The highest BCUT2D eigenvalue weighted by Crippen LogP contribution is 2.29. The van der Waals surface area contributed by atoms with Crippen LogP contribution in [0.5, 0.6) is 0 Å². The Balaban J connectivity index is 2.12. The number of hydrogen-bond donors (Lipinski definition) is 2. The highest BCUT2D eigenvalue weighted by Gasteiger charge is 2.25. The lowest BCUT2D eigenvalue weighted by atomic mass is 9.90. The van der Waals surface area contributed by atoms with E-state index in [2.05, 4.69) is 16.4 Å². The topological polar surface area (TPSA) is 62.2 Å². The third kappa shape index (κ3) is 2.11. The fourth-order valence-corrected chi connectivity index (χ4v) is 2.58. The van der Waals surface area contributed by atoms with Gasteiger partial charge >= 0.3 is 5.97 Å². The smallest absolute Gasteiger partial charge is 0.337 e. The first-order valence-electron chi connectivity index (χ1n) is 6.27. The molecule has 4 nitrogen and oxygen atoms in total. The summed E-state index contributed by atoms with van der Waals surface area (Å²) in [5.41, 5.74) is 3.22. The molecule has 1 aliphatic heterocycles. The van der Waals surface area contributed by atoms with E-state index in [-0.39, 0.29) is 11.6 Å². The number of carboxylic acids is 1. The lowest BCUT2D eigenvalue weighted by molar-refractivity contribution is 0.0694. The number of carboxylic acid groups (broad SMARTS) is 1. The largest absolute Gasteiger partial charge is 0.478 e. The third-order valence-electron chi connectivity index (χ3n) is 3.45. The number of rotatable bonds is 2. The highest BCUT2D eigenvalue weighted by atomic mass is 16.4. The lowest BCUT2D eigenvalue weighted by Crippen LogP contribution is -2.32.